The van der Waals surface area contributed by atoms with Crippen molar-refractivity contribution in [3.63, 3.8) is 0 Å². The molecule has 26 heavy (non-hydrogen) atoms. The Hall–Kier alpha value is -3.53. The molecule has 0 bridgehead atoms. The zero-order valence-electron chi connectivity index (χ0n) is 14.5. The fraction of sp³-hybridized carbons (Fsp3) is 0.211. The van der Waals surface area contributed by atoms with Crippen LogP contribution in [0.25, 0.3) is 0 Å². The number of aryl methyl sites for hydroxylation is 1. The second-order valence-corrected chi connectivity index (χ2v) is 5.43. The van der Waals surface area contributed by atoms with Crippen molar-refractivity contribution in [1.82, 2.24) is 5.32 Å². The average Bonchev–Trinajstić information content (AvgIpc) is 2.65. The summed E-state index contributed by atoms with van der Waals surface area (Å²) < 4.78 is 10.5. The summed E-state index contributed by atoms with van der Waals surface area (Å²) in [5, 5.41) is 14.1. The van der Waals surface area contributed by atoms with Crippen LogP contribution in [0.4, 0.5) is 5.69 Å². The van der Waals surface area contributed by atoms with E-state index in [1.807, 2.05) is 19.1 Å². The smallest absolute Gasteiger partial charge is 0.258 e. The van der Waals surface area contributed by atoms with Crippen molar-refractivity contribution in [3.05, 3.63) is 53.6 Å². The molecule has 0 aliphatic rings. The second kappa shape index (κ2) is 9.08. The van der Waals surface area contributed by atoms with Gasteiger partial charge in [-0.1, -0.05) is 18.2 Å². The Morgan fingerprint density at radius 1 is 1.12 bits per heavy atom. The monoisotopic (exact) mass is 353 g/mol. The van der Waals surface area contributed by atoms with Crippen LogP contribution in [0.2, 0.25) is 0 Å². The fourth-order valence-corrected chi connectivity index (χ4v) is 2.17. The van der Waals surface area contributed by atoms with Crippen LogP contribution in [0.1, 0.15) is 11.1 Å². The number of ether oxygens (including phenoxy) is 2. The minimum atomic E-state index is -0.468. The zero-order chi connectivity index (χ0) is 18.9. The number of anilines is 1. The highest BCUT2D eigenvalue weighted by Gasteiger charge is 2.11. The molecule has 0 aliphatic heterocycles. The standard InChI is InChI=1S/C19H19N3O4/c1-13-7-8-17(25-2)15(9-13)22-18(23)11-21-19(24)12-26-16-6-4-3-5-14(16)10-20/h3-9H,11-12H2,1-2H3,(H,21,24)(H,22,23). The molecule has 0 heterocycles. The number of nitrogens with one attached hydrogen (secondary N) is 2. The van der Waals surface area contributed by atoms with E-state index in [4.69, 9.17) is 14.7 Å². The number of rotatable bonds is 7. The fourth-order valence-electron chi connectivity index (χ4n) is 2.17. The summed E-state index contributed by atoms with van der Waals surface area (Å²) in [5.74, 6) is -0.00501. The van der Waals surface area contributed by atoms with Gasteiger partial charge in [-0.15, -0.1) is 0 Å². The van der Waals surface area contributed by atoms with Gasteiger partial charge in [0.15, 0.2) is 6.61 Å². The highest BCUT2D eigenvalue weighted by molar-refractivity contribution is 5.95. The molecule has 0 saturated carbocycles. The van der Waals surface area contributed by atoms with Crippen LogP contribution in [0, 0.1) is 18.3 Å². The highest BCUT2D eigenvalue weighted by Crippen LogP contribution is 2.24. The van der Waals surface area contributed by atoms with Crippen LogP contribution in [0.15, 0.2) is 42.5 Å². The van der Waals surface area contributed by atoms with Crippen molar-refractivity contribution < 1.29 is 19.1 Å². The van der Waals surface area contributed by atoms with E-state index < -0.39 is 5.91 Å². The van der Waals surface area contributed by atoms with E-state index in [9.17, 15) is 9.59 Å². The van der Waals surface area contributed by atoms with Gasteiger partial charge in [-0.2, -0.15) is 5.26 Å². The summed E-state index contributed by atoms with van der Waals surface area (Å²) in [4.78, 5) is 23.8. The number of carbonyl (C=O) groups is 2. The number of carbonyl (C=O) groups excluding carboxylic acids is 2. The van der Waals surface area contributed by atoms with Crippen LogP contribution in [0.3, 0.4) is 0 Å². The maximum absolute atomic E-state index is 12.0. The minimum Gasteiger partial charge on any atom is -0.495 e. The lowest BCUT2D eigenvalue weighted by molar-refractivity contribution is -0.125. The summed E-state index contributed by atoms with van der Waals surface area (Å²) in [6.45, 7) is 1.40. The molecule has 2 amide bonds. The third-order valence-corrected chi connectivity index (χ3v) is 3.44. The predicted molar refractivity (Wildman–Crippen MR) is 96.0 cm³/mol. The maximum Gasteiger partial charge on any atom is 0.258 e. The number of para-hydroxylation sites is 1. The van der Waals surface area contributed by atoms with Gasteiger partial charge >= 0.3 is 0 Å². The third-order valence-electron chi connectivity index (χ3n) is 3.44. The van der Waals surface area contributed by atoms with E-state index in [1.54, 1.807) is 36.4 Å². The largest absolute Gasteiger partial charge is 0.495 e. The van der Waals surface area contributed by atoms with E-state index in [1.165, 1.54) is 7.11 Å². The molecule has 0 saturated heterocycles. The molecular formula is C19H19N3O4. The topological polar surface area (TPSA) is 100 Å². The van der Waals surface area contributed by atoms with Crippen LogP contribution >= 0.6 is 0 Å². The van der Waals surface area contributed by atoms with Gasteiger partial charge in [0.05, 0.1) is 24.9 Å². The van der Waals surface area contributed by atoms with E-state index in [0.717, 1.165) is 5.56 Å². The van der Waals surface area contributed by atoms with Gasteiger partial charge in [0.25, 0.3) is 5.91 Å². The summed E-state index contributed by atoms with van der Waals surface area (Å²) in [5.41, 5.74) is 1.84. The summed E-state index contributed by atoms with van der Waals surface area (Å²) in [6, 6.07) is 14.0. The van der Waals surface area contributed by atoms with Crippen LogP contribution < -0.4 is 20.1 Å². The first kappa shape index (κ1) is 18.8. The van der Waals surface area contributed by atoms with Gasteiger partial charge in [-0.25, -0.2) is 0 Å². The van der Waals surface area contributed by atoms with E-state index >= 15 is 0 Å². The Morgan fingerprint density at radius 2 is 1.88 bits per heavy atom. The van der Waals surface area contributed by atoms with Crippen molar-refractivity contribution in [1.29, 1.82) is 5.26 Å². The molecule has 2 aromatic rings. The summed E-state index contributed by atoms with van der Waals surface area (Å²) >= 11 is 0. The van der Waals surface area contributed by atoms with Gasteiger partial charge in [-0.05, 0) is 36.8 Å². The van der Waals surface area contributed by atoms with Crippen molar-refractivity contribution in [2.75, 3.05) is 25.6 Å². The predicted octanol–water partition coefficient (Wildman–Crippen LogP) is 2.01. The number of benzene rings is 2. The van der Waals surface area contributed by atoms with Crippen molar-refractivity contribution in [3.8, 4) is 17.6 Å². The van der Waals surface area contributed by atoms with E-state index in [2.05, 4.69) is 10.6 Å². The minimum absolute atomic E-state index is 0.209. The van der Waals surface area contributed by atoms with Crippen molar-refractivity contribution in [2.24, 2.45) is 0 Å². The van der Waals surface area contributed by atoms with Gasteiger partial charge in [0, 0.05) is 0 Å². The lowest BCUT2D eigenvalue weighted by Crippen LogP contribution is -2.35. The normalized spacial score (nSPS) is 9.73. The molecular weight excluding hydrogens is 334 g/mol. The first-order chi connectivity index (χ1) is 12.5. The maximum atomic E-state index is 12.0. The number of hydrogen-bond acceptors (Lipinski definition) is 5. The van der Waals surface area contributed by atoms with Crippen LogP contribution in [-0.4, -0.2) is 32.1 Å². The number of nitriles is 1. The van der Waals surface area contributed by atoms with Gasteiger partial charge < -0.3 is 20.1 Å². The number of hydrogen-bond donors (Lipinski definition) is 2. The van der Waals surface area contributed by atoms with Gasteiger partial charge in [0.1, 0.15) is 17.6 Å². The molecule has 7 heteroatoms. The van der Waals surface area contributed by atoms with Gasteiger partial charge in [-0.3, -0.25) is 9.59 Å². The summed E-state index contributed by atoms with van der Waals surface area (Å²) in [6.07, 6.45) is 0. The summed E-state index contributed by atoms with van der Waals surface area (Å²) in [7, 11) is 1.51. The Bertz CT molecular complexity index is 843. The highest BCUT2D eigenvalue weighted by atomic mass is 16.5. The molecule has 0 aliphatic carbocycles. The molecule has 2 rings (SSSR count). The molecule has 0 spiro atoms. The van der Waals surface area contributed by atoms with E-state index in [0.29, 0.717) is 22.7 Å². The first-order valence-electron chi connectivity index (χ1n) is 7.86. The quantitative estimate of drug-likeness (QED) is 0.793. The Kier molecular flexibility index (Phi) is 6.57. The lowest BCUT2D eigenvalue weighted by atomic mass is 10.2. The van der Waals surface area contributed by atoms with E-state index in [-0.39, 0.29) is 19.1 Å². The molecule has 0 atom stereocenters. The molecule has 0 radical (unpaired) electrons. The molecule has 0 fully saturated rings. The molecule has 2 N–H and O–H groups in total. The molecule has 0 unspecified atom stereocenters. The lowest BCUT2D eigenvalue weighted by Gasteiger charge is -2.12. The van der Waals surface area contributed by atoms with Crippen molar-refractivity contribution in [2.45, 2.75) is 6.92 Å². The molecule has 0 aromatic heterocycles. The number of amides is 2. The Balaban J connectivity index is 1.83. The van der Waals surface area contributed by atoms with Gasteiger partial charge in [0.2, 0.25) is 5.91 Å². The van der Waals surface area contributed by atoms with Crippen LogP contribution in [-0.2, 0) is 9.59 Å². The third kappa shape index (κ3) is 5.24. The molecule has 2 aromatic carbocycles. The first-order valence-corrected chi connectivity index (χ1v) is 7.86. The number of nitrogens with zero attached hydrogens (tertiary/aromatic N) is 1. The average molecular weight is 353 g/mol. The number of methoxy groups -OCH3 is 1. The SMILES string of the molecule is COc1ccc(C)cc1NC(=O)CNC(=O)COc1ccccc1C#N. The Labute approximate surface area is 151 Å². The van der Waals surface area contributed by atoms with Crippen LogP contribution in [0.5, 0.6) is 11.5 Å². The Morgan fingerprint density at radius 3 is 2.62 bits per heavy atom. The molecule has 134 valence electrons. The van der Waals surface area contributed by atoms with Crippen molar-refractivity contribution >= 4 is 17.5 Å². The second-order valence-electron chi connectivity index (χ2n) is 5.43. The molecule has 7 nitrogen and oxygen atoms in total. The zero-order valence-corrected chi connectivity index (χ0v) is 14.5.